The van der Waals surface area contributed by atoms with Gasteiger partial charge in [-0.15, -0.1) is 0 Å². The summed E-state index contributed by atoms with van der Waals surface area (Å²) in [5, 5.41) is 14.4. The molecule has 98 valence electrons. The van der Waals surface area contributed by atoms with Crippen LogP contribution in [0.4, 0.5) is 5.13 Å². The molecule has 0 saturated heterocycles. The molecule has 0 spiro atoms. The molecule has 0 amide bonds. The number of ether oxygens (including phenoxy) is 1. The van der Waals surface area contributed by atoms with Gasteiger partial charge < -0.3 is 14.7 Å². The Morgan fingerprint density at radius 1 is 1.50 bits per heavy atom. The lowest BCUT2D eigenvalue weighted by molar-refractivity contribution is 0.179. The van der Waals surface area contributed by atoms with Gasteiger partial charge in [-0.25, -0.2) is 4.98 Å². The van der Waals surface area contributed by atoms with Gasteiger partial charge in [0.2, 0.25) is 0 Å². The summed E-state index contributed by atoms with van der Waals surface area (Å²) in [6, 6.07) is 2.11. The highest BCUT2D eigenvalue weighted by Crippen LogP contribution is 2.27. The maximum Gasteiger partial charge on any atom is 0.185 e. The van der Waals surface area contributed by atoms with Crippen LogP contribution in [0.3, 0.4) is 0 Å². The van der Waals surface area contributed by atoms with E-state index >= 15 is 0 Å². The van der Waals surface area contributed by atoms with Gasteiger partial charge in [0, 0.05) is 20.7 Å². The molecule has 2 aromatic heterocycles. The summed E-state index contributed by atoms with van der Waals surface area (Å²) in [5.41, 5.74) is 2.11. The van der Waals surface area contributed by atoms with Crippen molar-refractivity contribution in [3.8, 4) is 0 Å². The van der Waals surface area contributed by atoms with E-state index in [0.717, 1.165) is 22.2 Å². The summed E-state index contributed by atoms with van der Waals surface area (Å²) in [7, 11) is 3.64. The zero-order chi connectivity index (χ0) is 13.0. The average molecular weight is 284 g/mol. The number of methoxy groups -OCH3 is 1. The van der Waals surface area contributed by atoms with Gasteiger partial charge in [0.1, 0.15) is 0 Å². The molecule has 0 radical (unpaired) electrons. The zero-order valence-electron chi connectivity index (χ0n) is 10.4. The van der Waals surface area contributed by atoms with Gasteiger partial charge in [0.15, 0.2) is 5.13 Å². The highest BCUT2D eigenvalue weighted by molar-refractivity contribution is 7.15. The molecule has 18 heavy (non-hydrogen) atoms. The molecule has 0 atom stereocenters. The first-order valence-electron chi connectivity index (χ1n) is 5.55. The van der Waals surface area contributed by atoms with Gasteiger partial charge in [-0.3, -0.25) is 0 Å². The normalized spacial score (nSPS) is 10.8. The zero-order valence-corrected chi connectivity index (χ0v) is 12.1. The Labute approximate surface area is 114 Å². The Bertz CT molecular complexity index is 482. The molecule has 0 aliphatic heterocycles. The summed E-state index contributed by atoms with van der Waals surface area (Å²) >= 11 is 3.21. The molecule has 0 unspecified atom stereocenters. The molecular formula is C12H16N2O2S2. The Morgan fingerprint density at radius 2 is 2.33 bits per heavy atom. The third kappa shape index (κ3) is 3.08. The van der Waals surface area contributed by atoms with Crippen LogP contribution < -0.4 is 4.90 Å². The molecule has 6 heteroatoms. The lowest BCUT2D eigenvalue weighted by atomic mass is 10.3. The van der Waals surface area contributed by atoms with Crippen molar-refractivity contribution >= 4 is 27.8 Å². The molecule has 2 aromatic rings. The minimum absolute atomic E-state index is 0.0165. The Hall–Kier alpha value is -0.950. The van der Waals surface area contributed by atoms with Gasteiger partial charge >= 0.3 is 0 Å². The Morgan fingerprint density at radius 3 is 2.94 bits per heavy atom. The van der Waals surface area contributed by atoms with Gasteiger partial charge in [-0.2, -0.15) is 11.3 Å². The third-order valence-electron chi connectivity index (χ3n) is 2.52. The molecule has 0 aliphatic carbocycles. The number of nitrogens with zero attached hydrogens (tertiary/aromatic N) is 2. The van der Waals surface area contributed by atoms with E-state index in [4.69, 9.17) is 4.74 Å². The van der Waals surface area contributed by atoms with Crippen molar-refractivity contribution in [2.75, 3.05) is 19.1 Å². The minimum atomic E-state index is 0.0165. The molecule has 0 fully saturated rings. The summed E-state index contributed by atoms with van der Waals surface area (Å²) < 4.78 is 5.09. The minimum Gasteiger partial charge on any atom is -0.391 e. The number of rotatable bonds is 6. The van der Waals surface area contributed by atoms with Crippen LogP contribution in [0.1, 0.15) is 16.1 Å². The number of hydrogen-bond acceptors (Lipinski definition) is 6. The number of aliphatic hydroxyl groups excluding tert-OH is 1. The molecule has 0 aromatic carbocycles. The third-order valence-corrected chi connectivity index (χ3v) is 4.45. The van der Waals surface area contributed by atoms with Gasteiger partial charge in [0.05, 0.1) is 23.8 Å². The van der Waals surface area contributed by atoms with Crippen LogP contribution in [0.25, 0.3) is 0 Å². The molecule has 0 bridgehead atoms. The van der Waals surface area contributed by atoms with Crippen molar-refractivity contribution in [2.45, 2.75) is 19.8 Å². The average Bonchev–Trinajstić information content (AvgIpc) is 2.98. The first-order valence-corrected chi connectivity index (χ1v) is 7.31. The van der Waals surface area contributed by atoms with E-state index < -0.39 is 0 Å². The molecule has 2 rings (SSSR count). The van der Waals surface area contributed by atoms with Crippen molar-refractivity contribution < 1.29 is 9.84 Å². The number of aliphatic hydroxyl groups is 1. The second-order valence-corrected chi connectivity index (χ2v) is 5.79. The summed E-state index contributed by atoms with van der Waals surface area (Å²) in [6.07, 6.45) is 0. The van der Waals surface area contributed by atoms with Crippen molar-refractivity contribution in [1.29, 1.82) is 0 Å². The number of thiophene rings is 1. The fourth-order valence-electron chi connectivity index (χ4n) is 1.63. The number of aromatic nitrogens is 1. The fourth-order valence-corrected chi connectivity index (χ4v) is 3.17. The molecule has 4 nitrogen and oxygen atoms in total. The van der Waals surface area contributed by atoms with Gasteiger partial charge in [-0.1, -0.05) is 11.3 Å². The first-order chi connectivity index (χ1) is 8.74. The van der Waals surface area contributed by atoms with Crippen molar-refractivity contribution in [3.05, 3.63) is 33.0 Å². The highest BCUT2D eigenvalue weighted by Gasteiger charge is 2.13. The van der Waals surface area contributed by atoms with E-state index in [2.05, 4.69) is 26.7 Å². The lowest BCUT2D eigenvalue weighted by Crippen LogP contribution is -2.15. The van der Waals surface area contributed by atoms with Crippen molar-refractivity contribution in [3.63, 3.8) is 0 Å². The van der Waals surface area contributed by atoms with E-state index in [9.17, 15) is 5.11 Å². The second-order valence-electron chi connectivity index (χ2n) is 3.95. The lowest BCUT2D eigenvalue weighted by Gasteiger charge is -2.14. The molecule has 1 N–H and O–H groups in total. The van der Waals surface area contributed by atoms with Crippen LogP contribution in [0.5, 0.6) is 0 Å². The number of anilines is 1. The SMILES string of the molecule is COCc1nc(N(C)Cc2ccsc2)sc1CO. The predicted molar refractivity (Wildman–Crippen MR) is 75.2 cm³/mol. The summed E-state index contributed by atoms with van der Waals surface area (Å²) in [6.45, 7) is 1.29. The van der Waals surface area contributed by atoms with Crippen LogP contribution >= 0.6 is 22.7 Å². The van der Waals surface area contributed by atoms with E-state index in [0.29, 0.717) is 6.61 Å². The van der Waals surface area contributed by atoms with E-state index in [1.54, 1.807) is 18.4 Å². The van der Waals surface area contributed by atoms with Crippen LogP contribution in [0, 0.1) is 0 Å². The monoisotopic (exact) mass is 284 g/mol. The van der Waals surface area contributed by atoms with Crippen molar-refractivity contribution in [2.24, 2.45) is 0 Å². The number of thiazole rings is 1. The summed E-state index contributed by atoms with van der Waals surface area (Å²) in [4.78, 5) is 7.48. The Balaban J connectivity index is 2.12. The standard InChI is InChI=1S/C12H16N2O2S2/c1-14(5-9-3-4-17-8-9)12-13-10(7-16-2)11(6-15)18-12/h3-4,8,15H,5-7H2,1-2H3. The second kappa shape index (κ2) is 6.29. The van der Waals surface area contributed by atoms with E-state index in [1.165, 1.54) is 16.9 Å². The molecule has 2 heterocycles. The van der Waals surface area contributed by atoms with Gasteiger partial charge in [-0.05, 0) is 22.4 Å². The number of hydrogen-bond donors (Lipinski definition) is 1. The predicted octanol–water partition coefficient (Wildman–Crippen LogP) is 2.48. The van der Waals surface area contributed by atoms with Crippen LogP contribution in [-0.4, -0.2) is 24.2 Å². The van der Waals surface area contributed by atoms with Crippen LogP contribution in [-0.2, 0) is 24.5 Å². The van der Waals surface area contributed by atoms with Gasteiger partial charge in [0.25, 0.3) is 0 Å². The van der Waals surface area contributed by atoms with E-state index in [-0.39, 0.29) is 6.61 Å². The Kier molecular flexibility index (Phi) is 4.71. The topological polar surface area (TPSA) is 45.6 Å². The van der Waals surface area contributed by atoms with Crippen molar-refractivity contribution in [1.82, 2.24) is 4.98 Å². The smallest absolute Gasteiger partial charge is 0.185 e. The fraction of sp³-hybridized carbons (Fsp3) is 0.417. The largest absolute Gasteiger partial charge is 0.391 e. The molecule has 0 saturated carbocycles. The maximum absolute atomic E-state index is 9.29. The van der Waals surface area contributed by atoms with Crippen LogP contribution in [0.2, 0.25) is 0 Å². The molecule has 0 aliphatic rings. The van der Waals surface area contributed by atoms with Crippen LogP contribution in [0.15, 0.2) is 16.8 Å². The molecular weight excluding hydrogens is 268 g/mol. The van der Waals surface area contributed by atoms with E-state index in [1.807, 2.05) is 7.05 Å². The quantitative estimate of drug-likeness (QED) is 0.885. The summed E-state index contributed by atoms with van der Waals surface area (Å²) in [5.74, 6) is 0. The first kappa shape index (κ1) is 13.5. The highest BCUT2D eigenvalue weighted by atomic mass is 32.1. The maximum atomic E-state index is 9.29.